The summed E-state index contributed by atoms with van der Waals surface area (Å²) in [5.41, 5.74) is 1.76. The van der Waals surface area contributed by atoms with Crippen LogP contribution < -0.4 is 0 Å². The summed E-state index contributed by atoms with van der Waals surface area (Å²) in [6.07, 6.45) is -1.51. The third kappa shape index (κ3) is 6.18. The van der Waals surface area contributed by atoms with Crippen molar-refractivity contribution in [2.24, 2.45) is 7.05 Å². The molecule has 2 heterocycles. The van der Waals surface area contributed by atoms with Gasteiger partial charge in [-0.1, -0.05) is 48.3 Å². The second kappa shape index (κ2) is 12.7. The molecule has 0 unspecified atom stereocenters. The third-order valence-corrected chi connectivity index (χ3v) is 8.42. The average Bonchev–Trinajstić information content (AvgIpc) is 3.31. The van der Waals surface area contributed by atoms with E-state index in [4.69, 9.17) is 0 Å². The molecule has 0 bridgehead atoms. The van der Waals surface area contributed by atoms with Crippen LogP contribution in [-0.4, -0.2) is 50.3 Å². The van der Waals surface area contributed by atoms with Gasteiger partial charge in [-0.05, 0) is 47.1 Å². The predicted molar refractivity (Wildman–Crippen MR) is 149 cm³/mol. The van der Waals surface area contributed by atoms with E-state index in [1.807, 2.05) is 0 Å². The third-order valence-electron chi connectivity index (χ3n) is 6.74. The number of benzene rings is 2. The Balaban J connectivity index is 0.00000484. The molecule has 1 atom stereocenters. The first-order valence-electron chi connectivity index (χ1n) is 12.6. The molecule has 0 amide bonds. The molecule has 0 saturated carbocycles. The predicted octanol–water partition coefficient (Wildman–Crippen LogP) is 5.43. The minimum absolute atomic E-state index is 0. The van der Waals surface area contributed by atoms with Gasteiger partial charge in [-0.15, -0.1) is 5.10 Å². The van der Waals surface area contributed by atoms with E-state index in [0.29, 0.717) is 35.2 Å². The first kappa shape index (κ1) is 31.6. The van der Waals surface area contributed by atoms with Gasteiger partial charge in [0.15, 0.2) is 0 Å². The number of sulfonamides is 1. The summed E-state index contributed by atoms with van der Waals surface area (Å²) in [6, 6.07) is 10.9. The Hall–Kier alpha value is -4.97. The number of aromatic nitrogens is 4. The Labute approximate surface area is 237 Å². The largest absolute Gasteiger partial charge is 0.481 e. The minimum atomic E-state index is -4.12. The SMILES string of the molecule is [CH2-]CC[N-]c1ncccc1S(=O)(=O)N([CH2-])Cc1cc([C@H](CC(=O)O)c2ccc3c(nnn3C)c2C(F)F)ccc1C.[Lr]. The molecule has 2 aromatic carbocycles. The van der Waals surface area contributed by atoms with Crippen LogP contribution in [0.1, 0.15) is 53.0 Å². The number of carbonyl (C=O) groups is 1. The van der Waals surface area contributed by atoms with Crippen molar-refractivity contribution in [3.63, 3.8) is 0 Å². The smallest absolute Gasteiger partial charge is 0.304 e. The van der Waals surface area contributed by atoms with Crippen molar-refractivity contribution in [2.45, 2.75) is 43.5 Å². The van der Waals surface area contributed by atoms with Gasteiger partial charge in [0.25, 0.3) is 6.43 Å². The molecule has 0 aliphatic rings. The molecule has 1 N–H and O–H groups in total. The van der Waals surface area contributed by atoms with Gasteiger partial charge in [0.2, 0.25) is 10.0 Å². The van der Waals surface area contributed by atoms with Crippen LogP contribution >= 0.6 is 0 Å². The molecule has 0 fully saturated rings. The number of alkyl halides is 2. The van der Waals surface area contributed by atoms with Gasteiger partial charge in [-0.25, -0.2) is 21.9 Å². The molecule has 0 aliphatic heterocycles. The number of carboxylic acid groups (broad SMARTS) is 1. The van der Waals surface area contributed by atoms with Gasteiger partial charge in [-0.3, -0.25) is 11.8 Å². The second-order valence-electron chi connectivity index (χ2n) is 9.46. The molecular weight excluding hydrogens is 816 g/mol. The van der Waals surface area contributed by atoms with Crippen LogP contribution in [-0.2, 0) is 28.4 Å². The van der Waals surface area contributed by atoms with Crippen molar-refractivity contribution in [1.29, 1.82) is 0 Å². The standard InChI is InChI=1S/C28H30F2N6O4S.Lr/c1-5-12-31-28-23(7-6-13-32-28)41(39,40)35(3)16-19-14-18(9-8-17(19)2)21(15-24(37)38)20-10-11-22-26(25(20)27(29)30)33-34-36(22)4;/h6-11,13-14,21,27H,1,3,5,12,15-16H2,2,4H3,(H2,31,32,37,38);/q-2;/p-1/t21-;/m0./s1. The normalized spacial score (nSPS) is 12.5. The summed E-state index contributed by atoms with van der Waals surface area (Å²) in [7, 11) is 1.20. The fraction of sp³-hybridized carbons (Fsp3) is 0.286. The van der Waals surface area contributed by atoms with Crippen LogP contribution in [0.5, 0.6) is 0 Å². The van der Waals surface area contributed by atoms with E-state index < -0.39 is 34.8 Å². The molecule has 0 aliphatic carbocycles. The van der Waals surface area contributed by atoms with Crippen LogP contribution in [0.4, 0.5) is 14.6 Å². The van der Waals surface area contributed by atoms with Crippen LogP contribution in [0, 0.1) is 20.9 Å². The molecule has 14 heteroatoms. The Kier molecular flexibility index (Phi) is 9.53. The number of halogens is 2. The van der Waals surface area contributed by atoms with E-state index in [1.165, 1.54) is 29.1 Å². The first-order valence-corrected chi connectivity index (χ1v) is 14.1. The monoisotopic (exact) mass is 845 g/mol. The molecule has 233 valence electrons. The summed E-state index contributed by atoms with van der Waals surface area (Å²) in [5, 5.41) is 21.6. The van der Waals surface area contributed by atoms with E-state index in [-0.39, 0.29) is 33.9 Å². The summed E-state index contributed by atoms with van der Waals surface area (Å²) in [4.78, 5) is 15.9. The number of carboxylic acids is 1. The summed E-state index contributed by atoms with van der Waals surface area (Å²) >= 11 is 0. The van der Waals surface area contributed by atoms with Crippen LogP contribution in [0.25, 0.3) is 16.4 Å². The number of aryl methyl sites for hydroxylation is 2. The van der Waals surface area contributed by atoms with Crippen molar-refractivity contribution < 1.29 is 27.1 Å². The molecular formula is C28H29F2LrN6O4S-3. The maximum Gasteiger partial charge on any atom is 0.304 e. The van der Waals surface area contributed by atoms with Gasteiger partial charge in [0.05, 0.1) is 22.4 Å². The number of pyridine rings is 1. The van der Waals surface area contributed by atoms with Gasteiger partial charge in [0.1, 0.15) is 5.52 Å². The summed E-state index contributed by atoms with van der Waals surface area (Å²) in [5.74, 6) is -2.10. The number of nitrogens with zero attached hydrogens (tertiary/aromatic N) is 6. The Morgan fingerprint density at radius 2 is 1.95 bits per heavy atom. The van der Waals surface area contributed by atoms with Crippen molar-refractivity contribution in [1.82, 2.24) is 24.3 Å². The zero-order valence-electron chi connectivity index (χ0n) is 22.8. The van der Waals surface area contributed by atoms with E-state index >= 15 is 0 Å². The van der Waals surface area contributed by atoms with Gasteiger partial charge in [0, 0.05) is 19.5 Å². The van der Waals surface area contributed by atoms with Crippen molar-refractivity contribution in [3.8, 4) is 0 Å². The summed E-state index contributed by atoms with van der Waals surface area (Å²) in [6.45, 7) is 5.60. The molecule has 0 spiro atoms. The first-order chi connectivity index (χ1) is 19.4. The second-order valence-corrected chi connectivity index (χ2v) is 11.4. The molecule has 42 heavy (non-hydrogen) atoms. The minimum Gasteiger partial charge on any atom is -0.481 e. The van der Waals surface area contributed by atoms with Crippen LogP contribution in [0.15, 0.2) is 53.6 Å². The zero-order chi connectivity index (χ0) is 29.9. The maximum absolute atomic E-state index is 14.4. The number of hydrogen-bond donors (Lipinski definition) is 1. The quantitative estimate of drug-likeness (QED) is 0.188. The fourth-order valence-corrected chi connectivity index (χ4v) is 5.82. The molecule has 0 saturated heterocycles. The summed E-state index contributed by atoms with van der Waals surface area (Å²) < 4.78 is 57.9. The van der Waals surface area contributed by atoms with E-state index in [9.17, 15) is 27.1 Å². The Bertz CT molecular complexity index is 1680. The molecule has 10 nitrogen and oxygen atoms in total. The number of rotatable bonds is 12. The van der Waals surface area contributed by atoms with Crippen molar-refractivity contribution >= 4 is 32.8 Å². The Morgan fingerprint density at radius 1 is 1.21 bits per heavy atom. The molecule has 4 rings (SSSR count). The van der Waals surface area contributed by atoms with E-state index in [1.54, 1.807) is 38.2 Å². The van der Waals surface area contributed by atoms with E-state index in [0.717, 1.165) is 4.31 Å². The van der Waals surface area contributed by atoms with Gasteiger partial charge < -0.3 is 26.6 Å². The average molecular weight is 846 g/mol. The Morgan fingerprint density at radius 3 is 2.62 bits per heavy atom. The van der Waals surface area contributed by atoms with Gasteiger partial charge >= 0.3 is 5.97 Å². The van der Waals surface area contributed by atoms with Gasteiger partial charge in [-0.2, -0.15) is 6.42 Å². The number of aliphatic carboxylic acids is 1. The number of fused-ring (bicyclic) bond motifs is 1. The van der Waals surface area contributed by atoms with Crippen LogP contribution in [0.2, 0.25) is 0 Å². The van der Waals surface area contributed by atoms with Crippen molar-refractivity contribution in [2.75, 3.05) is 6.54 Å². The van der Waals surface area contributed by atoms with Crippen molar-refractivity contribution in [3.05, 3.63) is 95.8 Å². The fourth-order valence-electron chi connectivity index (χ4n) is 4.63. The molecule has 1 radical (unpaired) electrons. The number of hydrogen-bond acceptors (Lipinski definition) is 6. The van der Waals surface area contributed by atoms with Crippen LogP contribution in [0.3, 0.4) is 0 Å². The maximum atomic E-state index is 14.4. The van der Waals surface area contributed by atoms with E-state index in [2.05, 4.69) is 34.6 Å². The molecule has 2 aromatic heterocycles. The zero-order valence-corrected chi connectivity index (χ0v) is 25.8. The molecule has 4 aromatic rings. The topological polar surface area (TPSA) is 132 Å².